The number of methoxy groups -OCH3 is 1. The van der Waals surface area contributed by atoms with E-state index in [4.69, 9.17) is 14.2 Å². The van der Waals surface area contributed by atoms with Gasteiger partial charge in [0.25, 0.3) is 0 Å². The van der Waals surface area contributed by atoms with Crippen molar-refractivity contribution >= 4 is 22.0 Å². The molecule has 24 heavy (non-hydrogen) atoms. The van der Waals surface area contributed by atoms with E-state index in [0.717, 1.165) is 40.1 Å². The van der Waals surface area contributed by atoms with Crippen molar-refractivity contribution in [3.8, 4) is 17.2 Å². The lowest BCUT2D eigenvalue weighted by atomic mass is 10.2. The molecule has 0 aliphatic heterocycles. The molecule has 128 valence electrons. The van der Waals surface area contributed by atoms with E-state index in [2.05, 4.69) is 15.9 Å². The lowest BCUT2D eigenvalue weighted by Crippen LogP contribution is -2.03. The molecule has 0 unspecified atom stereocenters. The molecule has 0 spiro atoms. The Labute approximate surface area is 152 Å². The highest BCUT2D eigenvalue weighted by Crippen LogP contribution is 2.29. The van der Waals surface area contributed by atoms with E-state index in [1.807, 2.05) is 61.5 Å². The van der Waals surface area contributed by atoms with Gasteiger partial charge in [-0.1, -0.05) is 30.4 Å². The Morgan fingerprint density at radius 2 is 1.62 bits per heavy atom. The Bertz CT molecular complexity index is 668. The molecule has 0 aliphatic rings. The number of benzene rings is 2. The second kappa shape index (κ2) is 10.0. The molecule has 2 aromatic carbocycles. The number of ether oxygens (including phenoxy) is 3. The highest BCUT2D eigenvalue weighted by Gasteiger charge is 2.05. The smallest absolute Gasteiger partial charge is 0.161 e. The van der Waals surface area contributed by atoms with Crippen LogP contribution in [0.1, 0.15) is 25.3 Å². The minimum atomic E-state index is 0.638. The summed E-state index contributed by atoms with van der Waals surface area (Å²) >= 11 is 3.47. The van der Waals surface area contributed by atoms with Gasteiger partial charge in [-0.15, -0.1) is 0 Å². The number of hydrogen-bond acceptors (Lipinski definition) is 3. The van der Waals surface area contributed by atoms with Crippen LogP contribution in [0.2, 0.25) is 0 Å². The summed E-state index contributed by atoms with van der Waals surface area (Å²) in [5.41, 5.74) is 1.10. The summed E-state index contributed by atoms with van der Waals surface area (Å²) < 4.78 is 17.9. The van der Waals surface area contributed by atoms with Gasteiger partial charge in [-0.25, -0.2) is 0 Å². The van der Waals surface area contributed by atoms with Gasteiger partial charge in [0, 0.05) is 0 Å². The predicted molar refractivity (Wildman–Crippen MR) is 102 cm³/mol. The average Bonchev–Trinajstić information content (AvgIpc) is 2.60. The molecule has 2 rings (SSSR count). The first-order valence-electron chi connectivity index (χ1n) is 8.05. The van der Waals surface area contributed by atoms with Crippen molar-refractivity contribution in [2.75, 3.05) is 20.3 Å². The first-order valence-corrected chi connectivity index (χ1v) is 8.84. The first-order chi connectivity index (χ1) is 11.7. The fourth-order valence-electron chi connectivity index (χ4n) is 2.23. The molecular weight excluding hydrogens is 368 g/mol. The highest BCUT2D eigenvalue weighted by atomic mass is 79.9. The van der Waals surface area contributed by atoms with E-state index < -0.39 is 0 Å². The molecule has 2 aromatic rings. The number of allylic oxidation sites excluding steroid dienone is 1. The second-order valence-corrected chi connectivity index (χ2v) is 6.10. The van der Waals surface area contributed by atoms with Crippen LogP contribution in [0.25, 0.3) is 6.08 Å². The monoisotopic (exact) mass is 390 g/mol. The van der Waals surface area contributed by atoms with Gasteiger partial charge in [-0.3, -0.25) is 0 Å². The zero-order valence-corrected chi connectivity index (χ0v) is 15.7. The van der Waals surface area contributed by atoms with Gasteiger partial charge in [-0.05, 0) is 65.5 Å². The van der Waals surface area contributed by atoms with E-state index in [0.29, 0.717) is 13.2 Å². The van der Waals surface area contributed by atoms with Gasteiger partial charge in [0.1, 0.15) is 5.75 Å². The zero-order chi connectivity index (χ0) is 17.2. The minimum Gasteiger partial charge on any atom is -0.493 e. The van der Waals surface area contributed by atoms with Crippen molar-refractivity contribution in [2.24, 2.45) is 0 Å². The second-order valence-electron chi connectivity index (χ2n) is 5.24. The summed E-state index contributed by atoms with van der Waals surface area (Å²) in [5, 5.41) is 0. The normalized spacial score (nSPS) is 10.8. The molecule has 4 heteroatoms. The lowest BCUT2D eigenvalue weighted by molar-refractivity contribution is 0.258. The number of halogens is 1. The van der Waals surface area contributed by atoms with Gasteiger partial charge < -0.3 is 14.2 Å². The van der Waals surface area contributed by atoms with Gasteiger partial charge in [0.2, 0.25) is 0 Å². The molecule has 0 aliphatic carbocycles. The third kappa shape index (κ3) is 5.60. The Morgan fingerprint density at radius 3 is 2.29 bits per heavy atom. The van der Waals surface area contributed by atoms with Gasteiger partial charge in [0.15, 0.2) is 11.5 Å². The van der Waals surface area contributed by atoms with Crippen LogP contribution in [0.15, 0.2) is 53.0 Å². The van der Waals surface area contributed by atoms with Crippen LogP contribution >= 0.6 is 15.9 Å². The van der Waals surface area contributed by atoms with E-state index >= 15 is 0 Å². The fraction of sp³-hybridized carbons (Fsp3) is 0.300. The Balaban J connectivity index is 1.73. The van der Waals surface area contributed by atoms with E-state index in [1.54, 1.807) is 7.11 Å². The van der Waals surface area contributed by atoms with Crippen LogP contribution in [0.5, 0.6) is 17.2 Å². The van der Waals surface area contributed by atoms with E-state index in [-0.39, 0.29) is 0 Å². The molecule has 0 radical (unpaired) electrons. The highest BCUT2D eigenvalue weighted by molar-refractivity contribution is 9.10. The summed E-state index contributed by atoms with van der Waals surface area (Å²) in [6.45, 7) is 3.30. The van der Waals surface area contributed by atoms with Gasteiger partial charge >= 0.3 is 0 Å². The topological polar surface area (TPSA) is 27.7 Å². The molecule has 0 bridgehead atoms. The van der Waals surface area contributed by atoms with Gasteiger partial charge in [-0.2, -0.15) is 0 Å². The minimum absolute atomic E-state index is 0.638. The molecule has 3 nitrogen and oxygen atoms in total. The Morgan fingerprint density at radius 1 is 0.917 bits per heavy atom. The molecule has 0 saturated heterocycles. The molecule has 0 amide bonds. The summed E-state index contributed by atoms with van der Waals surface area (Å²) in [6.07, 6.45) is 5.89. The Kier molecular flexibility index (Phi) is 7.69. The largest absolute Gasteiger partial charge is 0.493 e. The quantitative estimate of drug-likeness (QED) is 0.511. The van der Waals surface area contributed by atoms with Crippen molar-refractivity contribution in [1.29, 1.82) is 0 Å². The Hall–Kier alpha value is -1.94. The summed E-state index contributed by atoms with van der Waals surface area (Å²) in [5.74, 6) is 2.41. The zero-order valence-electron chi connectivity index (χ0n) is 14.1. The van der Waals surface area contributed by atoms with Crippen molar-refractivity contribution < 1.29 is 14.2 Å². The maximum atomic E-state index is 5.82. The molecule has 0 saturated carbocycles. The van der Waals surface area contributed by atoms with Crippen LogP contribution in [0.4, 0.5) is 0 Å². The number of unbranched alkanes of at least 4 members (excludes halogenated alkanes) is 1. The van der Waals surface area contributed by atoms with Gasteiger partial charge in [0.05, 0.1) is 24.8 Å². The van der Waals surface area contributed by atoms with E-state index in [1.165, 1.54) is 0 Å². The summed E-state index contributed by atoms with van der Waals surface area (Å²) in [4.78, 5) is 0. The predicted octanol–water partition coefficient (Wildman–Crippen LogP) is 5.73. The molecular formula is C20H23BrO3. The van der Waals surface area contributed by atoms with E-state index in [9.17, 15) is 0 Å². The maximum absolute atomic E-state index is 5.82. The summed E-state index contributed by atoms with van der Waals surface area (Å²) in [6, 6.07) is 13.8. The maximum Gasteiger partial charge on any atom is 0.161 e. The van der Waals surface area contributed by atoms with Crippen LogP contribution in [0.3, 0.4) is 0 Å². The number of rotatable bonds is 9. The third-order valence-electron chi connectivity index (χ3n) is 3.44. The molecule has 0 heterocycles. The fourth-order valence-corrected chi connectivity index (χ4v) is 2.63. The van der Waals surface area contributed by atoms with Crippen molar-refractivity contribution in [2.45, 2.75) is 19.8 Å². The first kappa shape index (κ1) is 18.4. The number of para-hydroxylation sites is 1. The van der Waals surface area contributed by atoms with Crippen molar-refractivity contribution in [1.82, 2.24) is 0 Å². The average molecular weight is 391 g/mol. The van der Waals surface area contributed by atoms with Crippen LogP contribution in [0, 0.1) is 0 Å². The molecule has 0 N–H and O–H groups in total. The molecule has 0 aromatic heterocycles. The SMILES string of the molecule is CC=Cc1ccc(OCCCCOc2ccccc2Br)c(OC)c1. The molecule has 0 atom stereocenters. The summed E-state index contributed by atoms with van der Waals surface area (Å²) in [7, 11) is 1.66. The molecule has 0 fully saturated rings. The standard InChI is InChI=1S/C20H23BrO3/c1-3-8-16-11-12-19(20(15-16)22-2)24-14-7-6-13-23-18-10-5-4-9-17(18)21/h3-5,8-12,15H,6-7,13-14H2,1-2H3. The van der Waals surface area contributed by atoms with Crippen LogP contribution in [-0.2, 0) is 0 Å². The van der Waals surface area contributed by atoms with Crippen LogP contribution in [-0.4, -0.2) is 20.3 Å². The lowest BCUT2D eigenvalue weighted by Gasteiger charge is -2.12. The van der Waals surface area contributed by atoms with Crippen molar-refractivity contribution in [3.05, 3.63) is 58.6 Å². The van der Waals surface area contributed by atoms with Crippen LogP contribution < -0.4 is 14.2 Å². The van der Waals surface area contributed by atoms with Crippen molar-refractivity contribution in [3.63, 3.8) is 0 Å². The third-order valence-corrected chi connectivity index (χ3v) is 4.09. The number of hydrogen-bond donors (Lipinski definition) is 0.